The van der Waals surface area contributed by atoms with Gasteiger partial charge in [0, 0.05) is 39.3 Å². The predicted octanol–water partition coefficient (Wildman–Crippen LogP) is -0.662. The Morgan fingerprint density at radius 1 is 1.14 bits per heavy atom. The van der Waals surface area contributed by atoms with E-state index in [9.17, 15) is 5.11 Å². The van der Waals surface area contributed by atoms with E-state index in [-0.39, 0.29) is 18.5 Å². The topological polar surface area (TPSA) is 38.7 Å². The van der Waals surface area contributed by atoms with E-state index in [0.29, 0.717) is 0 Å². The molecule has 14 heavy (non-hydrogen) atoms. The highest BCUT2D eigenvalue weighted by atomic mass is 35.5. The Labute approximate surface area is 91.7 Å². The summed E-state index contributed by atoms with van der Waals surface area (Å²) in [5.74, 6) is 0. The van der Waals surface area contributed by atoms with Crippen LogP contribution in [-0.4, -0.2) is 66.9 Å². The molecule has 2 aliphatic heterocycles. The zero-order valence-corrected chi connectivity index (χ0v) is 9.30. The lowest BCUT2D eigenvalue weighted by Gasteiger charge is -2.30. The lowest BCUT2D eigenvalue weighted by atomic mass is 10.3. The molecule has 2 saturated heterocycles. The molecule has 2 rings (SSSR count). The third-order valence-electron chi connectivity index (χ3n) is 2.86. The third kappa shape index (κ3) is 3.37. The maximum Gasteiger partial charge on any atom is 0.0679 e. The van der Waals surface area contributed by atoms with Crippen LogP contribution in [0.3, 0.4) is 0 Å². The van der Waals surface area contributed by atoms with Gasteiger partial charge in [-0.1, -0.05) is 0 Å². The summed E-state index contributed by atoms with van der Waals surface area (Å²) in [5.41, 5.74) is 0. The molecular weight excluding hydrogens is 202 g/mol. The van der Waals surface area contributed by atoms with Crippen molar-refractivity contribution in [3.8, 4) is 0 Å². The molecule has 0 aliphatic carbocycles. The number of piperazine rings is 1. The minimum atomic E-state index is -0.0806. The maximum absolute atomic E-state index is 9.36. The first-order valence-electron chi connectivity index (χ1n) is 5.18. The monoisotopic (exact) mass is 221 g/mol. The first-order valence-corrected chi connectivity index (χ1v) is 5.18. The molecule has 0 radical (unpaired) electrons. The molecule has 2 heterocycles. The van der Waals surface area contributed by atoms with Crippen LogP contribution < -0.4 is 5.32 Å². The van der Waals surface area contributed by atoms with Crippen LogP contribution >= 0.6 is 12.4 Å². The Hall–Kier alpha value is 0.130. The highest BCUT2D eigenvalue weighted by Gasteiger charge is 2.22. The molecule has 1 unspecified atom stereocenters. The Kier molecular flexibility index (Phi) is 5.12. The molecule has 0 amide bonds. The molecule has 0 aromatic rings. The fourth-order valence-electron chi connectivity index (χ4n) is 2.08. The molecule has 1 atom stereocenters. The lowest BCUT2D eigenvalue weighted by molar-refractivity contribution is 0.118. The number of likely N-dealkylation sites (tertiary alicyclic amines) is 1. The molecule has 4 nitrogen and oxygen atoms in total. The van der Waals surface area contributed by atoms with Crippen LogP contribution in [0.25, 0.3) is 0 Å². The van der Waals surface area contributed by atoms with Crippen molar-refractivity contribution in [2.24, 2.45) is 0 Å². The van der Waals surface area contributed by atoms with Gasteiger partial charge < -0.3 is 10.4 Å². The molecule has 0 aromatic heterocycles. The molecule has 0 bridgehead atoms. The van der Waals surface area contributed by atoms with Gasteiger partial charge in [-0.25, -0.2) is 0 Å². The van der Waals surface area contributed by atoms with E-state index in [0.717, 1.165) is 52.4 Å². The maximum atomic E-state index is 9.36. The predicted molar refractivity (Wildman–Crippen MR) is 58.8 cm³/mol. The van der Waals surface area contributed by atoms with Crippen molar-refractivity contribution in [2.45, 2.75) is 12.5 Å². The molecule has 5 heteroatoms. The van der Waals surface area contributed by atoms with Crippen LogP contribution in [0.5, 0.6) is 0 Å². The molecular formula is C9H20ClN3O. The highest BCUT2D eigenvalue weighted by Crippen LogP contribution is 2.09. The van der Waals surface area contributed by atoms with Crippen molar-refractivity contribution in [2.75, 3.05) is 45.9 Å². The van der Waals surface area contributed by atoms with Crippen LogP contribution in [0.4, 0.5) is 0 Å². The van der Waals surface area contributed by atoms with Crippen molar-refractivity contribution in [3.05, 3.63) is 0 Å². The van der Waals surface area contributed by atoms with Gasteiger partial charge in [-0.3, -0.25) is 9.80 Å². The van der Waals surface area contributed by atoms with Crippen LogP contribution in [0.2, 0.25) is 0 Å². The number of nitrogens with zero attached hydrogens (tertiary/aromatic N) is 2. The first-order chi connectivity index (χ1) is 6.34. The molecule has 2 fully saturated rings. The number of halogens is 1. The molecule has 2 N–H and O–H groups in total. The van der Waals surface area contributed by atoms with Gasteiger partial charge in [0.1, 0.15) is 0 Å². The average Bonchev–Trinajstić information content (AvgIpc) is 2.53. The van der Waals surface area contributed by atoms with Crippen LogP contribution in [0, 0.1) is 0 Å². The fraction of sp³-hybridized carbons (Fsp3) is 1.00. The summed E-state index contributed by atoms with van der Waals surface area (Å²) in [4.78, 5) is 4.80. The van der Waals surface area contributed by atoms with Gasteiger partial charge in [0.2, 0.25) is 0 Å². The van der Waals surface area contributed by atoms with Crippen molar-refractivity contribution < 1.29 is 5.11 Å². The quantitative estimate of drug-likeness (QED) is 0.650. The van der Waals surface area contributed by atoms with Crippen LogP contribution in [0.15, 0.2) is 0 Å². The second-order valence-corrected chi connectivity index (χ2v) is 4.03. The number of nitrogens with one attached hydrogen (secondary N) is 1. The van der Waals surface area contributed by atoms with Gasteiger partial charge in [0.05, 0.1) is 12.8 Å². The number of hydrogen-bond acceptors (Lipinski definition) is 4. The summed E-state index contributed by atoms with van der Waals surface area (Å²) < 4.78 is 0. The molecule has 0 saturated carbocycles. The van der Waals surface area contributed by atoms with E-state index in [2.05, 4.69) is 15.1 Å². The lowest BCUT2D eigenvalue weighted by Crippen LogP contribution is -2.47. The summed E-state index contributed by atoms with van der Waals surface area (Å²) in [7, 11) is 0. The minimum absolute atomic E-state index is 0. The smallest absolute Gasteiger partial charge is 0.0679 e. The summed E-state index contributed by atoms with van der Waals surface area (Å²) in [6, 6.07) is 0. The number of aliphatic hydroxyl groups excluding tert-OH is 1. The van der Waals surface area contributed by atoms with Crippen LogP contribution in [0.1, 0.15) is 6.42 Å². The van der Waals surface area contributed by atoms with Gasteiger partial charge in [0.15, 0.2) is 0 Å². The first kappa shape index (κ1) is 12.2. The number of hydrogen-bond donors (Lipinski definition) is 2. The molecule has 0 aromatic carbocycles. The fourth-order valence-corrected chi connectivity index (χ4v) is 2.08. The molecule has 0 spiro atoms. The van der Waals surface area contributed by atoms with Gasteiger partial charge in [0.25, 0.3) is 0 Å². The van der Waals surface area contributed by atoms with Crippen molar-refractivity contribution in [1.82, 2.24) is 15.1 Å². The van der Waals surface area contributed by atoms with E-state index in [1.165, 1.54) is 0 Å². The normalized spacial score (nSPS) is 30.2. The SMILES string of the molecule is Cl.OC1CCN(CN2CCNCC2)C1. The van der Waals surface area contributed by atoms with E-state index in [1.54, 1.807) is 0 Å². The Bertz CT molecular complexity index is 161. The number of rotatable bonds is 2. The second kappa shape index (κ2) is 5.88. The van der Waals surface area contributed by atoms with Gasteiger partial charge in [-0.05, 0) is 6.42 Å². The zero-order valence-electron chi connectivity index (χ0n) is 8.48. The van der Waals surface area contributed by atoms with Crippen molar-refractivity contribution >= 4 is 12.4 Å². The summed E-state index contributed by atoms with van der Waals surface area (Å²) in [5, 5.41) is 12.7. The van der Waals surface area contributed by atoms with Gasteiger partial charge >= 0.3 is 0 Å². The van der Waals surface area contributed by atoms with Crippen molar-refractivity contribution in [1.29, 1.82) is 0 Å². The number of aliphatic hydroxyl groups is 1. The third-order valence-corrected chi connectivity index (χ3v) is 2.86. The zero-order chi connectivity index (χ0) is 9.10. The Morgan fingerprint density at radius 2 is 1.86 bits per heavy atom. The van der Waals surface area contributed by atoms with Gasteiger partial charge in [-0.15, -0.1) is 12.4 Å². The Balaban J connectivity index is 0.000000980. The highest BCUT2D eigenvalue weighted by molar-refractivity contribution is 5.85. The summed E-state index contributed by atoms with van der Waals surface area (Å²) >= 11 is 0. The Morgan fingerprint density at radius 3 is 2.43 bits per heavy atom. The minimum Gasteiger partial charge on any atom is -0.392 e. The summed E-state index contributed by atoms with van der Waals surface area (Å²) in [6.07, 6.45) is 0.870. The largest absolute Gasteiger partial charge is 0.392 e. The van der Waals surface area contributed by atoms with Gasteiger partial charge in [-0.2, -0.15) is 0 Å². The molecule has 2 aliphatic rings. The van der Waals surface area contributed by atoms with E-state index in [4.69, 9.17) is 0 Å². The van der Waals surface area contributed by atoms with Crippen molar-refractivity contribution in [3.63, 3.8) is 0 Å². The second-order valence-electron chi connectivity index (χ2n) is 4.03. The summed E-state index contributed by atoms with van der Waals surface area (Å²) in [6.45, 7) is 7.47. The average molecular weight is 222 g/mol. The van der Waals surface area contributed by atoms with E-state index >= 15 is 0 Å². The van der Waals surface area contributed by atoms with E-state index in [1.807, 2.05) is 0 Å². The molecule has 84 valence electrons. The standard InChI is InChI=1S/C9H19N3O.ClH/c13-9-1-4-12(7-9)8-11-5-2-10-3-6-11;/h9-10,13H,1-8H2;1H. The van der Waals surface area contributed by atoms with E-state index < -0.39 is 0 Å². The van der Waals surface area contributed by atoms with Crippen LogP contribution in [-0.2, 0) is 0 Å². The number of β-amino-alcohol motifs (C(OH)–C–C–N with tert-alkyl or cyclic N) is 1.